The molecule has 0 bridgehead atoms. The first-order valence-electron chi connectivity index (χ1n) is 3.28. The molecule has 0 radical (unpaired) electrons. The highest BCUT2D eigenvalue weighted by atomic mass is 16.5. The maximum atomic E-state index is 11.1. The standard InChI is InChI=1S/C7H10N2O2/c1-5-8-3-6(4-11-2)7(10)9-5/h3H,4H2,1-2H3,(H,8,9,10). The van der Waals surface area contributed by atoms with Gasteiger partial charge in [-0.3, -0.25) is 4.79 Å². The van der Waals surface area contributed by atoms with E-state index < -0.39 is 0 Å². The summed E-state index contributed by atoms with van der Waals surface area (Å²) in [4.78, 5) is 17.6. The number of rotatable bonds is 2. The molecule has 1 heterocycles. The third-order valence-electron chi connectivity index (χ3n) is 1.30. The zero-order valence-corrected chi connectivity index (χ0v) is 6.55. The predicted molar refractivity (Wildman–Crippen MR) is 40.3 cm³/mol. The van der Waals surface area contributed by atoms with Gasteiger partial charge in [0.1, 0.15) is 5.82 Å². The molecule has 60 valence electrons. The summed E-state index contributed by atoms with van der Waals surface area (Å²) >= 11 is 0. The highest BCUT2D eigenvalue weighted by Gasteiger charge is 1.97. The van der Waals surface area contributed by atoms with E-state index in [1.54, 1.807) is 14.0 Å². The number of hydrogen-bond acceptors (Lipinski definition) is 3. The number of aromatic amines is 1. The fourth-order valence-electron chi connectivity index (χ4n) is 0.769. The molecule has 1 rings (SSSR count). The Morgan fingerprint density at radius 1 is 1.73 bits per heavy atom. The molecule has 0 saturated heterocycles. The van der Waals surface area contributed by atoms with Crippen LogP contribution in [0.2, 0.25) is 0 Å². The van der Waals surface area contributed by atoms with Gasteiger partial charge in [-0.15, -0.1) is 0 Å². The van der Waals surface area contributed by atoms with Gasteiger partial charge in [0.2, 0.25) is 0 Å². The number of aromatic nitrogens is 2. The Bertz CT molecular complexity index is 293. The van der Waals surface area contributed by atoms with Gasteiger partial charge in [0.15, 0.2) is 0 Å². The van der Waals surface area contributed by atoms with Crippen LogP contribution in [0.25, 0.3) is 0 Å². The highest BCUT2D eigenvalue weighted by molar-refractivity contribution is 5.03. The molecule has 1 N–H and O–H groups in total. The third kappa shape index (κ3) is 1.88. The number of H-pyrrole nitrogens is 1. The molecule has 1 aromatic rings. The van der Waals surface area contributed by atoms with Crippen molar-refractivity contribution in [3.05, 3.63) is 27.9 Å². The van der Waals surface area contributed by atoms with E-state index in [2.05, 4.69) is 9.97 Å². The summed E-state index contributed by atoms with van der Waals surface area (Å²) in [5.74, 6) is 0.620. The van der Waals surface area contributed by atoms with Crippen LogP contribution in [-0.2, 0) is 11.3 Å². The van der Waals surface area contributed by atoms with Crippen molar-refractivity contribution in [1.82, 2.24) is 9.97 Å². The van der Waals surface area contributed by atoms with Crippen LogP contribution in [0.15, 0.2) is 11.0 Å². The second-order valence-electron chi connectivity index (χ2n) is 2.26. The minimum Gasteiger partial charge on any atom is -0.380 e. The normalized spacial score (nSPS) is 10.0. The molecular weight excluding hydrogens is 144 g/mol. The molecule has 0 unspecified atom stereocenters. The van der Waals surface area contributed by atoms with Crippen LogP contribution in [0.4, 0.5) is 0 Å². The van der Waals surface area contributed by atoms with Crippen molar-refractivity contribution in [1.29, 1.82) is 0 Å². The van der Waals surface area contributed by atoms with Gasteiger partial charge >= 0.3 is 0 Å². The first-order valence-corrected chi connectivity index (χ1v) is 3.28. The Kier molecular flexibility index (Phi) is 2.38. The maximum absolute atomic E-state index is 11.1. The van der Waals surface area contributed by atoms with Crippen LogP contribution in [-0.4, -0.2) is 17.1 Å². The number of nitrogens with zero attached hydrogens (tertiary/aromatic N) is 1. The first-order chi connectivity index (χ1) is 5.24. The van der Waals surface area contributed by atoms with Crippen molar-refractivity contribution in [3.63, 3.8) is 0 Å². The minimum absolute atomic E-state index is 0.126. The van der Waals surface area contributed by atoms with Crippen molar-refractivity contribution >= 4 is 0 Å². The second kappa shape index (κ2) is 3.30. The molecule has 0 atom stereocenters. The fourth-order valence-corrected chi connectivity index (χ4v) is 0.769. The van der Waals surface area contributed by atoms with Gasteiger partial charge in [0.05, 0.1) is 12.2 Å². The highest BCUT2D eigenvalue weighted by Crippen LogP contribution is 1.89. The van der Waals surface area contributed by atoms with E-state index in [0.717, 1.165) is 0 Å². The minimum atomic E-state index is -0.126. The molecule has 0 aromatic carbocycles. The second-order valence-corrected chi connectivity index (χ2v) is 2.26. The van der Waals surface area contributed by atoms with E-state index in [-0.39, 0.29) is 5.56 Å². The van der Waals surface area contributed by atoms with Crippen molar-refractivity contribution in [2.24, 2.45) is 0 Å². The molecule has 1 aromatic heterocycles. The molecule has 0 saturated carbocycles. The fraction of sp³-hybridized carbons (Fsp3) is 0.429. The Morgan fingerprint density at radius 3 is 3.00 bits per heavy atom. The van der Waals surface area contributed by atoms with Gasteiger partial charge in [-0.25, -0.2) is 4.98 Å². The zero-order chi connectivity index (χ0) is 8.27. The van der Waals surface area contributed by atoms with Crippen LogP contribution in [0.5, 0.6) is 0 Å². The molecular formula is C7H10N2O2. The Labute approximate surface area is 64.2 Å². The smallest absolute Gasteiger partial charge is 0.256 e. The van der Waals surface area contributed by atoms with Crippen molar-refractivity contribution < 1.29 is 4.74 Å². The lowest BCUT2D eigenvalue weighted by molar-refractivity contribution is 0.183. The van der Waals surface area contributed by atoms with Crippen LogP contribution in [0.3, 0.4) is 0 Å². The summed E-state index contributed by atoms with van der Waals surface area (Å²) in [7, 11) is 1.54. The largest absolute Gasteiger partial charge is 0.380 e. The molecule has 0 fully saturated rings. The van der Waals surface area contributed by atoms with Gasteiger partial charge in [0.25, 0.3) is 5.56 Å². The van der Waals surface area contributed by atoms with Crippen LogP contribution in [0.1, 0.15) is 11.4 Å². The number of ether oxygens (including phenoxy) is 1. The topological polar surface area (TPSA) is 55.0 Å². The van der Waals surface area contributed by atoms with Crippen LogP contribution in [0, 0.1) is 6.92 Å². The van der Waals surface area contributed by atoms with E-state index in [9.17, 15) is 4.79 Å². The third-order valence-corrected chi connectivity index (χ3v) is 1.30. The average Bonchev–Trinajstić information content (AvgIpc) is 1.95. The van der Waals surface area contributed by atoms with E-state index in [1.807, 2.05) is 0 Å². The summed E-state index contributed by atoms with van der Waals surface area (Å²) in [5.41, 5.74) is 0.428. The van der Waals surface area contributed by atoms with Gasteiger partial charge < -0.3 is 9.72 Å². The predicted octanol–water partition coefficient (Wildman–Crippen LogP) is 0.225. The van der Waals surface area contributed by atoms with Crippen LogP contribution < -0.4 is 5.56 Å². The van der Waals surface area contributed by atoms with Crippen molar-refractivity contribution in [2.75, 3.05) is 7.11 Å². The zero-order valence-electron chi connectivity index (χ0n) is 6.55. The lowest BCUT2D eigenvalue weighted by atomic mass is 10.3. The maximum Gasteiger partial charge on any atom is 0.256 e. The summed E-state index contributed by atoms with van der Waals surface area (Å²) in [6.45, 7) is 2.04. The van der Waals surface area contributed by atoms with Gasteiger partial charge in [0, 0.05) is 13.3 Å². The Morgan fingerprint density at radius 2 is 2.45 bits per heavy atom. The van der Waals surface area contributed by atoms with Gasteiger partial charge in [-0.1, -0.05) is 0 Å². The monoisotopic (exact) mass is 154 g/mol. The molecule has 0 spiro atoms. The number of aryl methyl sites for hydroxylation is 1. The van der Waals surface area contributed by atoms with Crippen molar-refractivity contribution in [2.45, 2.75) is 13.5 Å². The summed E-state index contributed by atoms with van der Waals surface area (Å²) in [6.07, 6.45) is 1.53. The Hall–Kier alpha value is -1.16. The lowest BCUT2D eigenvalue weighted by Crippen LogP contribution is -2.15. The first kappa shape index (κ1) is 7.94. The van der Waals surface area contributed by atoms with Crippen molar-refractivity contribution in [3.8, 4) is 0 Å². The van der Waals surface area contributed by atoms with E-state index in [0.29, 0.717) is 18.0 Å². The SMILES string of the molecule is COCc1cnc(C)[nH]c1=O. The molecule has 0 aliphatic rings. The molecule has 0 aliphatic carbocycles. The van der Waals surface area contributed by atoms with E-state index in [1.165, 1.54) is 6.20 Å². The Balaban J connectivity index is 3.00. The summed E-state index contributed by atoms with van der Waals surface area (Å²) < 4.78 is 4.79. The van der Waals surface area contributed by atoms with E-state index >= 15 is 0 Å². The summed E-state index contributed by atoms with van der Waals surface area (Å²) in [5, 5.41) is 0. The average molecular weight is 154 g/mol. The van der Waals surface area contributed by atoms with Gasteiger partial charge in [-0.2, -0.15) is 0 Å². The molecule has 11 heavy (non-hydrogen) atoms. The van der Waals surface area contributed by atoms with E-state index in [4.69, 9.17) is 4.74 Å². The lowest BCUT2D eigenvalue weighted by Gasteiger charge is -1.97. The number of nitrogens with one attached hydrogen (secondary N) is 1. The summed E-state index contributed by atoms with van der Waals surface area (Å²) in [6, 6.07) is 0. The van der Waals surface area contributed by atoms with Gasteiger partial charge in [-0.05, 0) is 6.92 Å². The van der Waals surface area contributed by atoms with Crippen LogP contribution >= 0.6 is 0 Å². The number of methoxy groups -OCH3 is 1. The quantitative estimate of drug-likeness (QED) is 0.663. The molecule has 4 nitrogen and oxygen atoms in total. The molecule has 0 aliphatic heterocycles. The molecule has 0 amide bonds. The number of hydrogen-bond donors (Lipinski definition) is 1. The molecule has 4 heteroatoms.